The maximum atomic E-state index is 11.2. The van der Waals surface area contributed by atoms with Gasteiger partial charge in [0, 0.05) is 25.3 Å². The minimum atomic E-state index is 0.0310. The molecule has 1 aliphatic carbocycles. The molecule has 26 heavy (non-hydrogen) atoms. The van der Waals surface area contributed by atoms with Gasteiger partial charge in [-0.1, -0.05) is 11.2 Å². The third-order valence-electron chi connectivity index (χ3n) is 4.78. The second-order valence-electron chi connectivity index (χ2n) is 6.66. The molecule has 1 fully saturated rings. The summed E-state index contributed by atoms with van der Waals surface area (Å²) in [6.45, 7) is 1.56. The SMILES string of the molecule is COc1ccc(Cc2noc(C3CCC(NC(C)=O)CC3)n2)cc1OC. The lowest BCUT2D eigenvalue weighted by Gasteiger charge is -2.26. The highest BCUT2D eigenvalue weighted by Crippen LogP contribution is 2.32. The predicted molar refractivity (Wildman–Crippen MR) is 95.5 cm³/mol. The van der Waals surface area contributed by atoms with E-state index >= 15 is 0 Å². The zero-order valence-electron chi connectivity index (χ0n) is 15.4. The van der Waals surface area contributed by atoms with Crippen molar-refractivity contribution in [1.82, 2.24) is 15.5 Å². The van der Waals surface area contributed by atoms with Crippen LogP contribution in [0.2, 0.25) is 0 Å². The van der Waals surface area contributed by atoms with Crippen molar-refractivity contribution >= 4 is 5.91 Å². The molecule has 140 valence electrons. The van der Waals surface area contributed by atoms with Crippen molar-refractivity contribution in [3.63, 3.8) is 0 Å². The summed E-state index contributed by atoms with van der Waals surface area (Å²) in [6, 6.07) is 6.03. The van der Waals surface area contributed by atoms with Gasteiger partial charge < -0.3 is 19.3 Å². The predicted octanol–water partition coefficient (Wildman–Crippen LogP) is 2.84. The monoisotopic (exact) mass is 359 g/mol. The summed E-state index contributed by atoms with van der Waals surface area (Å²) in [5.41, 5.74) is 1.03. The van der Waals surface area contributed by atoms with Gasteiger partial charge in [0.25, 0.3) is 0 Å². The summed E-state index contributed by atoms with van der Waals surface area (Å²) in [5, 5.41) is 7.11. The number of nitrogens with zero attached hydrogens (tertiary/aromatic N) is 2. The maximum absolute atomic E-state index is 11.2. The van der Waals surface area contributed by atoms with E-state index in [1.165, 1.54) is 0 Å². The van der Waals surface area contributed by atoms with Crippen LogP contribution in [-0.2, 0) is 11.2 Å². The summed E-state index contributed by atoms with van der Waals surface area (Å²) in [6.07, 6.45) is 4.35. The van der Waals surface area contributed by atoms with Gasteiger partial charge in [0.2, 0.25) is 11.8 Å². The van der Waals surface area contributed by atoms with E-state index in [0.29, 0.717) is 29.6 Å². The molecule has 1 heterocycles. The van der Waals surface area contributed by atoms with Crippen LogP contribution in [-0.4, -0.2) is 36.3 Å². The first-order chi connectivity index (χ1) is 12.6. The van der Waals surface area contributed by atoms with Crippen LogP contribution in [0.25, 0.3) is 0 Å². The quantitative estimate of drug-likeness (QED) is 0.853. The van der Waals surface area contributed by atoms with E-state index in [1.807, 2.05) is 18.2 Å². The fourth-order valence-corrected chi connectivity index (χ4v) is 3.45. The minimum Gasteiger partial charge on any atom is -0.493 e. The molecule has 1 aliphatic rings. The van der Waals surface area contributed by atoms with E-state index in [1.54, 1.807) is 21.1 Å². The summed E-state index contributed by atoms with van der Waals surface area (Å²) in [7, 11) is 3.23. The molecule has 0 aliphatic heterocycles. The molecule has 3 rings (SSSR count). The van der Waals surface area contributed by atoms with E-state index in [0.717, 1.165) is 31.2 Å². The Morgan fingerprint density at radius 3 is 2.58 bits per heavy atom. The average Bonchev–Trinajstić information content (AvgIpc) is 3.10. The molecule has 1 amide bonds. The molecular formula is C19H25N3O4. The van der Waals surface area contributed by atoms with E-state index in [-0.39, 0.29) is 17.9 Å². The van der Waals surface area contributed by atoms with Crippen LogP contribution in [0.4, 0.5) is 0 Å². The van der Waals surface area contributed by atoms with Gasteiger partial charge in [0.05, 0.1) is 14.2 Å². The molecule has 0 atom stereocenters. The Labute approximate surface area is 153 Å². The molecular weight excluding hydrogens is 334 g/mol. The first kappa shape index (κ1) is 18.2. The second-order valence-corrected chi connectivity index (χ2v) is 6.66. The zero-order valence-corrected chi connectivity index (χ0v) is 15.4. The number of carbonyl (C=O) groups excluding carboxylic acids is 1. The third kappa shape index (κ3) is 4.33. The molecule has 0 unspecified atom stereocenters. The third-order valence-corrected chi connectivity index (χ3v) is 4.78. The second kappa shape index (κ2) is 8.21. The molecule has 1 N–H and O–H groups in total. The van der Waals surface area contributed by atoms with Gasteiger partial charge in [0.15, 0.2) is 17.3 Å². The zero-order chi connectivity index (χ0) is 18.5. The van der Waals surface area contributed by atoms with Crippen molar-refractivity contribution in [2.24, 2.45) is 0 Å². The number of benzene rings is 1. The van der Waals surface area contributed by atoms with Gasteiger partial charge in [-0.15, -0.1) is 0 Å². The molecule has 7 nitrogen and oxygen atoms in total. The maximum Gasteiger partial charge on any atom is 0.229 e. The Morgan fingerprint density at radius 1 is 1.19 bits per heavy atom. The standard InChI is InChI=1S/C19H25N3O4/c1-12(23)20-15-7-5-14(6-8-15)19-21-18(22-26-19)11-13-4-9-16(24-2)17(10-13)25-3/h4,9-10,14-15H,5-8,11H2,1-3H3,(H,20,23). The Balaban J connectivity index is 1.61. The fourth-order valence-electron chi connectivity index (χ4n) is 3.45. The molecule has 7 heteroatoms. The van der Waals surface area contributed by atoms with E-state index in [9.17, 15) is 4.79 Å². The van der Waals surface area contributed by atoms with Gasteiger partial charge >= 0.3 is 0 Å². The summed E-state index contributed by atoms with van der Waals surface area (Å²) >= 11 is 0. The van der Waals surface area contributed by atoms with Crippen LogP contribution in [0.15, 0.2) is 22.7 Å². The Kier molecular flexibility index (Phi) is 5.75. The molecule has 0 spiro atoms. The van der Waals surface area contributed by atoms with Gasteiger partial charge in [-0.25, -0.2) is 0 Å². The summed E-state index contributed by atoms with van der Waals surface area (Å²) in [4.78, 5) is 15.7. The number of carbonyl (C=O) groups is 1. The van der Waals surface area contributed by atoms with Gasteiger partial charge in [-0.2, -0.15) is 4.98 Å². The van der Waals surface area contributed by atoms with Crippen LogP contribution in [0, 0.1) is 0 Å². The lowest BCUT2D eigenvalue weighted by atomic mass is 9.86. The summed E-state index contributed by atoms with van der Waals surface area (Å²) < 4.78 is 16.1. The number of nitrogens with one attached hydrogen (secondary N) is 1. The first-order valence-corrected chi connectivity index (χ1v) is 8.89. The van der Waals surface area contributed by atoms with Crippen LogP contribution >= 0.6 is 0 Å². The lowest BCUT2D eigenvalue weighted by Crippen LogP contribution is -2.35. The highest BCUT2D eigenvalue weighted by molar-refractivity contribution is 5.73. The Bertz CT molecular complexity index is 751. The molecule has 2 aromatic rings. The molecule has 1 saturated carbocycles. The lowest BCUT2D eigenvalue weighted by molar-refractivity contribution is -0.119. The van der Waals surface area contributed by atoms with Gasteiger partial charge in [-0.05, 0) is 43.4 Å². The van der Waals surface area contributed by atoms with Crippen molar-refractivity contribution in [3.8, 4) is 11.5 Å². The van der Waals surface area contributed by atoms with Gasteiger partial charge in [0.1, 0.15) is 0 Å². The summed E-state index contributed by atoms with van der Waals surface area (Å²) in [5.74, 6) is 3.04. The minimum absolute atomic E-state index is 0.0310. The van der Waals surface area contributed by atoms with Crippen molar-refractivity contribution in [2.45, 2.75) is 51.0 Å². The van der Waals surface area contributed by atoms with Crippen LogP contribution in [0.3, 0.4) is 0 Å². The number of ether oxygens (including phenoxy) is 2. The van der Waals surface area contributed by atoms with Crippen molar-refractivity contribution < 1.29 is 18.8 Å². The smallest absolute Gasteiger partial charge is 0.229 e. The van der Waals surface area contributed by atoms with Crippen molar-refractivity contribution in [1.29, 1.82) is 0 Å². The number of rotatable bonds is 6. The molecule has 0 radical (unpaired) electrons. The number of aromatic nitrogens is 2. The van der Waals surface area contributed by atoms with E-state index in [2.05, 4.69) is 15.5 Å². The van der Waals surface area contributed by atoms with Crippen molar-refractivity contribution in [2.75, 3.05) is 14.2 Å². The van der Waals surface area contributed by atoms with E-state index in [4.69, 9.17) is 14.0 Å². The van der Waals surface area contributed by atoms with E-state index < -0.39 is 0 Å². The number of hydrogen-bond donors (Lipinski definition) is 1. The van der Waals surface area contributed by atoms with Crippen LogP contribution in [0.5, 0.6) is 11.5 Å². The first-order valence-electron chi connectivity index (χ1n) is 8.89. The van der Waals surface area contributed by atoms with Crippen LogP contribution < -0.4 is 14.8 Å². The number of hydrogen-bond acceptors (Lipinski definition) is 6. The molecule has 1 aromatic heterocycles. The molecule has 0 bridgehead atoms. The molecule has 1 aromatic carbocycles. The van der Waals surface area contributed by atoms with Crippen LogP contribution in [0.1, 0.15) is 55.8 Å². The molecule has 0 saturated heterocycles. The Morgan fingerprint density at radius 2 is 1.92 bits per heavy atom. The van der Waals surface area contributed by atoms with Gasteiger partial charge in [-0.3, -0.25) is 4.79 Å². The fraction of sp³-hybridized carbons (Fsp3) is 0.526. The normalized spacial score (nSPS) is 19.8. The largest absolute Gasteiger partial charge is 0.493 e. The topological polar surface area (TPSA) is 86.5 Å². The average molecular weight is 359 g/mol. The highest BCUT2D eigenvalue weighted by atomic mass is 16.5. The number of methoxy groups -OCH3 is 2. The van der Waals surface area contributed by atoms with Crippen molar-refractivity contribution in [3.05, 3.63) is 35.5 Å². The Hall–Kier alpha value is -2.57. The highest BCUT2D eigenvalue weighted by Gasteiger charge is 2.26. The number of amides is 1.